The number of halogens is 1. The molecule has 1 aromatic heterocycles. The number of benzene rings is 2. The summed E-state index contributed by atoms with van der Waals surface area (Å²) in [6.45, 7) is 5.30. The highest BCUT2D eigenvalue weighted by Crippen LogP contribution is 2.26. The Balaban J connectivity index is 1.45. The minimum Gasteiger partial charge on any atom is -0.349 e. The van der Waals surface area contributed by atoms with Crippen molar-refractivity contribution >= 4 is 23.4 Å². The van der Waals surface area contributed by atoms with Crippen LogP contribution in [0.5, 0.6) is 0 Å². The third-order valence-electron chi connectivity index (χ3n) is 5.79. The van der Waals surface area contributed by atoms with Crippen molar-refractivity contribution in [1.29, 1.82) is 0 Å². The van der Waals surface area contributed by atoms with Crippen LogP contribution in [0.2, 0.25) is 5.02 Å². The van der Waals surface area contributed by atoms with E-state index >= 15 is 0 Å². The molecular weight excluding hydrogens is 424 g/mol. The van der Waals surface area contributed by atoms with E-state index in [-0.39, 0.29) is 23.8 Å². The van der Waals surface area contributed by atoms with E-state index in [0.29, 0.717) is 29.2 Å². The molecule has 0 spiro atoms. The zero-order valence-electron chi connectivity index (χ0n) is 18.3. The van der Waals surface area contributed by atoms with E-state index in [1.54, 1.807) is 23.0 Å². The molecule has 32 heavy (non-hydrogen) atoms. The lowest BCUT2D eigenvalue weighted by Crippen LogP contribution is -2.46. The number of hydrogen-bond donors (Lipinski definition) is 1. The molecule has 1 saturated heterocycles. The number of aromatic nitrogens is 2. The fourth-order valence-corrected chi connectivity index (χ4v) is 4.33. The van der Waals surface area contributed by atoms with Gasteiger partial charge in [-0.2, -0.15) is 5.10 Å². The number of likely N-dealkylation sites (tertiary alicyclic amines) is 1. The largest absolute Gasteiger partial charge is 0.349 e. The molecule has 6 nitrogen and oxygen atoms in total. The molecule has 2 heterocycles. The lowest BCUT2D eigenvalue weighted by atomic mass is 10.0. The second-order valence-electron chi connectivity index (χ2n) is 8.40. The maximum absolute atomic E-state index is 13.3. The van der Waals surface area contributed by atoms with Gasteiger partial charge in [-0.05, 0) is 49.1 Å². The standard InChI is InChI=1S/C25H27ClN4O2/c1-17(2)23-22(16-27-30(23)21-10-6-9-19(26)15-21)25(32)29-13-11-20(12-14-29)28-24(31)18-7-4-3-5-8-18/h3-10,15-17,20H,11-14H2,1-2H3,(H,28,31). The van der Waals surface area contributed by atoms with Crippen LogP contribution in [0.1, 0.15) is 59.0 Å². The zero-order valence-corrected chi connectivity index (χ0v) is 19.0. The third-order valence-corrected chi connectivity index (χ3v) is 6.02. The molecule has 1 fully saturated rings. The lowest BCUT2D eigenvalue weighted by Gasteiger charge is -2.32. The van der Waals surface area contributed by atoms with Gasteiger partial charge in [0, 0.05) is 29.7 Å². The highest BCUT2D eigenvalue weighted by atomic mass is 35.5. The quantitative estimate of drug-likeness (QED) is 0.613. The van der Waals surface area contributed by atoms with Crippen LogP contribution < -0.4 is 5.32 Å². The van der Waals surface area contributed by atoms with Crippen LogP contribution in [-0.4, -0.2) is 45.6 Å². The van der Waals surface area contributed by atoms with Crippen molar-refractivity contribution in [2.24, 2.45) is 0 Å². The number of amides is 2. The van der Waals surface area contributed by atoms with Crippen LogP contribution in [0, 0.1) is 0 Å². The number of piperidine rings is 1. The van der Waals surface area contributed by atoms with Crippen molar-refractivity contribution < 1.29 is 9.59 Å². The Morgan fingerprint density at radius 1 is 1.06 bits per heavy atom. The van der Waals surface area contributed by atoms with Crippen molar-refractivity contribution in [3.8, 4) is 5.69 Å². The first-order chi connectivity index (χ1) is 15.4. The van der Waals surface area contributed by atoms with E-state index < -0.39 is 0 Å². The Kier molecular flexibility index (Phi) is 6.61. The van der Waals surface area contributed by atoms with Gasteiger partial charge in [0.15, 0.2) is 0 Å². The number of nitrogens with zero attached hydrogens (tertiary/aromatic N) is 3. The van der Waals surface area contributed by atoms with Crippen LogP contribution in [0.3, 0.4) is 0 Å². The Hall–Kier alpha value is -3.12. The van der Waals surface area contributed by atoms with Crippen molar-refractivity contribution in [3.05, 3.63) is 82.6 Å². The van der Waals surface area contributed by atoms with Gasteiger partial charge in [-0.15, -0.1) is 0 Å². The second-order valence-corrected chi connectivity index (χ2v) is 8.83. The summed E-state index contributed by atoms with van der Waals surface area (Å²) in [5.41, 5.74) is 2.98. The van der Waals surface area contributed by atoms with Gasteiger partial charge in [-0.3, -0.25) is 9.59 Å². The second kappa shape index (κ2) is 9.57. The summed E-state index contributed by atoms with van der Waals surface area (Å²) >= 11 is 6.16. The zero-order chi connectivity index (χ0) is 22.7. The molecule has 0 bridgehead atoms. The van der Waals surface area contributed by atoms with Gasteiger partial charge in [-0.1, -0.05) is 49.7 Å². The Morgan fingerprint density at radius 2 is 1.78 bits per heavy atom. The molecule has 1 N–H and O–H groups in total. The third kappa shape index (κ3) is 4.70. The SMILES string of the molecule is CC(C)c1c(C(=O)N2CCC(NC(=O)c3ccccc3)CC2)cnn1-c1cccc(Cl)c1. The summed E-state index contributed by atoms with van der Waals surface area (Å²) in [5.74, 6) is 0.0215. The number of carbonyl (C=O) groups excluding carboxylic acids is 2. The topological polar surface area (TPSA) is 67.2 Å². The normalized spacial score (nSPS) is 14.6. The fraction of sp³-hybridized carbons (Fsp3) is 0.320. The van der Waals surface area contributed by atoms with Crippen molar-refractivity contribution in [2.45, 2.75) is 38.6 Å². The van der Waals surface area contributed by atoms with Crippen molar-refractivity contribution in [3.63, 3.8) is 0 Å². The Bertz CT molecular complexity index is 1100. The Morgan fingerprint density at radius 3 is 2.44 bits per heavy atom. The molecule has 0 unspecified atom stereocenters. The minimum absolute atomic E-state index is 0.0187. The average molecular weight is 451 g/mol. The number of hydrogen-bond acceptors (Lipinski definition) is 3. The first kappa shape index (κ1) is 22.1. The van der Waals surface area contributed by atoms with Gasteiger partial charge < -0.3 is 10.2 Å². The molecule has 0 saturated carbocycles. The smallest absolute Gasteiger partial charge is 0.257 e. The predicted octanol–water partition coefficient (Wildman–Crippen LogP) is 4.68. The molecular formula is C25H27ClN4O2. The molecule has 7 heteroatoms. The summed E-state index contributed by atoms with van der Waals surface area (Å²) < 4.78 is 1.80. The summed E-state index contributed by atoms with van der Waals surface area (Å²) in [5, 5.41) is 8.22. The van der Waals surface area contributed by atoms with E-state index in [4.69, 9.17) is 11.6 Å². The van der Waals surface area contributed by atoms with Gasteiger partial charge in [0.05, 0.1) is 23.1 Å². The van der Waals surface area contributed by atoms with Gasteiger partial charge in [0.1, 0.15) is 0 Å². The molecule has 1 aliphatic heterocycles. The minimum atomic E-state index is -0.0692. The maximum atomic E-state index is 13.3. The Labute approximate surface area is 193 Å². The highest BCUT2D eigenvalue weighted by Gasteiger charge is 2.29. The molecule has 166 valence electrons. The van der Waals surface area contributed by atoms with Gasteiger partial charge in [-0.25, -0.2) is 4.68 Å². The fourth-order valence-electron chi connectivity index (χ4n) is 4.15. The van der Waals surface area contributed by atoms with Gasteiger partial charge in [0.25, 0.3) is 11.8 Å². The lowest BCUT2D eigenvalue weighted by molar-refractivity contribution is 0.0696. The van der Waals surface area contributed by atoms with Gasteiger partial charge >= 0.3 is 0 Å². The first-order valence-corrected chi connectivity index (χ1v) is 11.3. The van der Waals surface area contributed by atoms with Crippen LogP contribution >= 0.6 is 11.6 Å². The molecule has 2 aromatic carbocycles. The van der Waals surface area contributed by atoms with E-state index in [9.17, 15) is 9.59 Å². The predicted molar refractivity (Wildman–Crippen MR) is 125 cm³/mol. The molecule has 0 aliphatic carbocycles. The summed E-state index contributed by atoms with van der Waals surface area (Å²) in [6, 6.07) is 16.7. The van der Waals surface area contributed by atoms with Gasteiger partial charge in [0.2, 0.25) is 0 Å². The summed E-state index contributed by atoms with van der Waals surface area (Å²) in [7, 11) is 0. The molecule has 0 radical (unpaired) electrons. The number of nitrogens with one attached hydrogen (secondary N) is 1. The molecule has 3 aromatic rings. The van der Waals surface area contributed by atoms with Crippen molar-refractivity contribution in [2.75, 3.05) is 13.1 Å². The summed E-state index contributed by atoms with van der Waals surface area (Å²) in [4.78, 5) is 27.6. The molecule has 2 amide bonds. The van der Waals surface area contributed by atoms with Crippen LogP contribution in [0.15, 0.2) is 60.8 Å². The van der Waals surface area contributed by atoms with E-state index in [1.807, 2.05) is 47.4 Å². The van der Waals surface area contributed by atoms with Crippen LogP contribution in [0.25, 0.3) is 5.69 Å². The molecule has 0 atom stereocenters. The highest BCUT2D eigenvalue weighted by molar-refractivity contribution is 6.30. The number of carbonyl (C=O) groups is 2. The van der Waals surface area contributed by atoms with Crippen molar-refractivity contribution in [1.82, 2.24) is 20.0 Å². The first-order valence-electron chi connectivity index (χ1n) is 10.9. The maximum Gasteiger partial charge on any atom is 0.257 e. The molecule has 1 aliphatic rings. The van der Waals surface area contributed by atoms with E-state index in [2.05, 4.69) is 24.3 Å². The summed E-state index contributed by atoms with van der Waals surface area (Å²) in [6.07, 6.45) is 3.11. The van der Waals surface area contributed by atoms with Crippen LogP contribution in [0.4, 0.5) is 0 Å². The monoisotopic (exact) mass is 450 g/mol. The van der Waals surface area contributed by atoms with E-state index in [1.165, 1.54) is 0 Å². The number of rotatable bonds is 5. The van der Waals surface area contributed by atoms with Crippen LogP contribution in [-0.2, 0) is 0 Å². The average Bonchev–Trinajstić information content (AvgIpc) is 3.25. The molecule has 4 rings (SSSR count). The van der Waals surface area contributed by atoms with E-state index in [0.717, 1.165) is 24.2 Å².